The van der Waals surface area contributed by atoms with Gasteiger partial charge < -0.3 is 5.32 Å². The Labute approximate surface area is 127 Å². The van der Waals surface area contributed by atoms with Gasteiger partial charge in [0.15, 0.2) is 5.78 Å². The van der Waals surface area contributed by atoms with Crippen molar-refractivity contribution in [3.8, 4) is 6.07 Å². The number of carbonyl (C=O) groups excluding carboxylic acids is 2. The van der Waals surface area contributed by atoms with Crippen LogP contribution in [0.5, 0.6) is 0 Å². The molecule has 0 atom stereocenters. The van der Waals surface area contributed by atoms with Gasteiger partial charge in [-0.2, -0.15) is 5.26 Å². The Hall–Kier alpha value is -1.67. The zero-order valence-electron chi connectivity index (χ0n) is 11.6. The number of halogens is 1. The summed E-state index contributed by atoms with van der Waals surface area (Å²) in [6, 6.07) is 9.14. The van der Waals surface area contributed by atoms with Gasteiger partial charge in [-0.25, -0.2) is 0 Å². The first-order valence-electron chi connectivity index (χ1n) is 6.35. The summed E-state index contributed by atoms with van der Waals surface area (Å²) >= 11 is 3.31. The fourth-order valence-corrected chi connectivity index (χ4v) is 1.89. The van der Waals surface area contributed by atoms with E-state index in [1.54, 1.807) is 26.0 Å². The number of hydrogen-bond acceptors (Lipinski definition) is 3. The smallest absolute Gasteiger partial charge is 0.221 e. The van der Waals surface area contributed by atoms with Gasteiger partial charge in [-0.05, 0) is 32.4 Å². The molecule has 0 aromatic heterocycles. The lowest BCUT2D eigenvalue weighted by molar-refractivity contribution is -0.122. The van der Waals surface area contributed by atoms with Gasteiger partial charge >= 0.3 is 0 Å². The van der Waals surface area contributed by atoms with E-state index < -0.39 is 5.54 Å². The Morgan fingerprint density at radius 2 is 1.85 bits per heavy atom. The molecule has 5 heteroatoms. The molecule has 0 bridgehead atoms. The molecule has 0 fully saturated rings. The van der Waals surface area contributed by atoms with Gasteiger partial charge in [-0.1, -0.05) is 28.1 Å². The zero-order valence-corrected chi connectivity index (χ0v) is 13.2. The number of rotatable bonds is 6. The Morgan fingerprint density at radius 3 is 2.40 bits per heavy atom. The minimum Gasteiger partial charge on any atom is -0.338 e. The normalized spacial score (nSPS) is 10.7. The summed E-state index contributed by atoms with van der Waals surface area (Å²) in [6.45, 7) is 3.27. The quantitative estimate of drug-likeness (QED) is 0.810. The fourth-order valence-electron chi connectivity index (χ4n) is 1.63. The van der Waals surface area contributed by atoms with Crippen molar-refractivity contribution >= 4 is 27.6 Å². The maximum absolute atomic E-state index is 11.9. The molecule has 1 amide bonds. The predicted octanol–water partition coefficient (Wildman–Crippen LogP) is 3.22. The lowest BCUT2D eigenvalue weighted by atomic mass is 10.0. The Balaban J connectivity index is 2.38. The summed E-state index contributed by atoms with van der Waals surface area (Å²) < 4.78 is 0.923. The highest BCUT2D eigenvalue weighted by atomic mass is 79.9. The number of nitriles is 1. The molecular formula is C15H17BrN2O2. The molecule has 0 unspecified atom stereocenters. The van der Waals surface area contributed by atoms with Crippen molar-refractivity contribution in [1.29, 1.82) is 5.26 Å². The van der Waals surface area contributed by atoms with Crippen LogP contribution in [0.2, 0.25) is 0 Å². The van der Waals surface area contributed by atoms with Gasteiger partial charge in [0, 0.05) is 22.9 Å². The lowest BCUT2D eigenvalue weighted by Crippen LogP contribution is -2.41. The summed E-state index contributed by atoms with van der Waals surface area (Å²) in [5.74, 6) is -0.190. The van der Waals surface area contributed by atoms with Crippen LogP contribution in [0.1, 0.15) is 43.5 Å². The first-order valence-corrected chi connectivity index (χ1v) is 7.14. The summed E-state index contributed by atoms with van der Waals surface area (Å²) in [7, 11) is 0. The average molecular weight is 337 g/mol. The second kappa shape index (κ2) is 7.20. The number of ketones is 1. The molecule has 0 aliphatic rings. The molecule has 20 heavy (non-hydrogen) atoms. The predicted molar refractivity (Wildman–Crippen MR) is 80.2 cm³/mol. The van der Waals surface area contributed by atoms with E-state index in [0.29, 0.717) is 18.4 Å². The van der Waals surface area contributed by atoms with E-state index in [4.69, 9.17) is 5.26 Å². The summed E-state index contributed by atoms with van der Waals surface area (Å²) in [6.07, 6.45) is 1.04. The van der Waals surface area contributed by atoms with Crippen molar-refractivity contribution in [2.75, 3.05) is 0 Å². The van der Waals surface area contributed by atoms with E-state index >= 15 is 0 Å². The summed E-state index contributed by atoms with van der Waals surface area (Å²) in [4.78, 5) is 23.5. The van der Waals surface area contributed by atoms with Gasteiger partial charge in [0.25, 0.3) is 0 Å². The van der Waals surface area contributed by atoms with E-state index in [-0.39, 0.29) is 18.1 Å². The maximum atomic E-state index is 11.9. The van der Waals surface area contributed by atoms with Crippen LogP contribution in [0.3, 0.4) is 0 Å². The Bertz CT molecular complexity index is 530. The van der Waals surface area contributed by atoms with Gasteiger partial charge in [0.1, 0.15) is 5.54 Å². The van der Waals surface area contributed by atoms with Crippen LogP contribution in [0.25, 0.3) is 0 Å². The molecule has 0 saturated carbocycles. The molecule has 4 nitrogen and oxygen atoms in total. The number of Topliss-reactive ketones (excluding diaryl/α,β-unsaturated/α-hetero) is 1. The average Bonchev–Trinajstić information content (AvgIpc) is 2.38. The molecule has 0 aliphatic carbocycles. The topological polar surface area (TPSA) is 70.0 Å². The molecule has 0 heterocycles. The maximum Gasteiger partial charge on any atom is 0.221 e. The van der Waals surface area contributed by atoms with E-state index in [2.05, 4.69) is 21.2 Å². The van der Waals surface area contributed by atoms with Crippen LogP contribution in [-0.2, 0) is 4.79 Å². The van der Waals surface area contributed by atoms with Crippen molar-refractivity contribution in [3.63, 3.8) is 0 Å². The van der Waals surface area contributed by atoms with Gasteiger partial charge in [0.05, 0.1) is 6.07 Å². The number of nitrogens with one attached hydrogen (secondary N) is 1. The number of amides is 1. The van der Waals surface area contributed by atoms with E-state index in [1.807, 2.05) is 18.2 Å². The van der Waals surface area contributed by atoms with Gasteiger partial charge in [-0.15, -0.1) is 0 Å². The van der Waals surface area contributed by atoms with Crippen molar-refractivity contribution in [2.45, 2.75) is 38.6 Å². The van der Waals surface area contributed by atoms with Crippen molar-refractivity contribution in [1.82, 2.24) is 5.32 Å². The van der Waals surface area contributed by atoms with Crippen LogP contribution in [0.15, 0.2) is 28.7 Å². The molecule has 0 saturated heterocycles. The summed E-state index contributed by atoms with van der Waals surface area (Å²) in [5, 5.41) is 11.4. The fraction of sp³-hybridized carbons (Fsp3) is 0.400. The number of carbonyl (C=O) groups is 2. The van der Waals surface area contributed by atoms with Crippen molar-refractivity contribution in [3.05, 3.63) is 34.3 Å². The molecule has 1 aromatic rings. The highest BCUT2D eigenvalue weighted by molar-refractivity contribution is 9.10. The monoisotopic (exact) mass is 336 g/mol. The van der Waals surface area contributed by atoms with Crippen LogP contribution in [0, 0.1) is 11.3 Å². The SMILES string of the molecule is CC(C)(C#N)NC(=O)CCCC(=O)c1ccc(Br)cc1. The first kappa shape index (κ1) is 16.4. The lowest BCUT2D eigenvalue weighted by Gasteiger charge is -2.17. The first-order chi connectivity index (χ1) is 9.34. The van der Waals surface area contributed by atoms with Crippen LogP contribution in [-0.4, -0.2) is 17.2 Å². The molecule has 1 aromatic carbocycles. The minimum absolute atomic E-state index is 0.0184. The molecule has 0 radical (unpaired) electrons. The van der Waals surface area contributed by atoms with Crippen LogP contribution < -0.4 is 5.32 Å². The molecule has 0 spiro atoms. The standard InChI is InChI=1S/C15H17BrN2O2/c1-15(2,10-17)18-14(20)5-3-4-13(19)11-6-8-12(16)9-7-11/h6-9H,3-5H2,1-2H3,(H,18,20). The van der Waals surface area contributed by atoms with Crippen molar-refractivity contribution in [2.24, 2.45) is 0 Å². The van der Waals surface area contributed by atoms with Crippen LogP contribution in [0.4, 0.5) is 0 Å². The molecule has 1 rings (SSSR count). The van der Waals surface area contributed by atoms with Crippen LogP contribution >= 0.6 is 15.9 Å². The van der Waals surface area contributed by atoms with Gasteiger partial charge in [0.2, 0.25) is 5.91 Å². The minimum atomic E-state index is -0.868. The molecule has 0 aliphatic heterocycles. The Morgan fingerprint density at radius 1 is 1.25 bits per heavy atom. The second-order valence-electron chi connectivity index (χ2n) is 5.07. The third kappa shape index (κ3) is 5.54. The second-order valence-corrected chi connectivity index (χ2v) is 5.98. The third-order valence-electron chi connectivity index (χ3n) is 2.71. The van der Waals surface area contributed by atoms with Gasteiger partial charge in [-0.3, -0.25) is 9.59 Å². The van der Waals surface area contributed by atoms with E-state index in [9.17, 15) is 9.59 Å². The largest absolute Gasteiger partial charge is 0.338 e. The Kier molecular flexibility index (Phi) is 5.90. The summed E-state index contributed by atoms with van der Waals surface area (Å²) in [5.41, 5.74) is -0.224. The highest BCUT2D eigenvalue weighted by Gasteiger charge is 2.19. The van der Waals surface area contributed by atoms with E-state index in [0.717, 1.165) is 4.47 Å². The number of hydrogen-bond donors (Lipinski definition) is 1. The molecule has 1 N–H and O–H groups in total. The van der Waals surface area contributed by atoms with E-state index in [1.165, 1.54) is 0 Å². The number of nitrogens with zero attached hydrogens (tertiary/aromatic N) is 1. The molecule has 106 valence electrons. The highest BCUT2D eigenvalue weighted by Crippen LogP contribution is 2.13. The third-order valence-corrected chi connectivity index (χ3v) is 3.23. The molecular weight excluding hydrogens is 320 g/mol. The van der Waals surface area contributed by atoms with Crippen molar-refractivity contribution < 1.29 is 9.59 Å². The number of benzene rings is 1. The zero-order chi connectivity index (χ0) is 15.2.